The Hall–Kier alpha value is -2.91. The zero-order valence-electron chi connectivity index (χ0n) is 20.1. The molecule has 0 N–H and O–H groups in total. The summed E-state index contributed by atoms with van der Waals surface area (Å²) in [6, 6.07) is 17.1. The summed E-state index contributed by atoms with van der Waals surface area (Å²) in [5, 5.41) is 2.47. The highest BCUT2D eigenvalue weighted by atomic mass is 16.5. The minimum Gasteiger partial charge on any atom is -0.473 e. The fourth-order valence-corrected chi connectivity index (χ4v) is 3.79. The highest BCUT2D eigenvalue weighted by Gasteiger charge is 2.03. The third kappa shape index (κ3) is 8.18. The molecule has 3 nitrogen and oxygen atoms in total. The van der Waals surface area contributed by atoms with E-state index in [1.54, 1.807) is 6.08 Å². The number of fused-ring (bicyclic) bond motifs is 1. The molecule has 0 amide bonds. The molecule has 1 heterocycles. The number of nitrogens with zero attached hydrogens (tertiary/aromatic N) is 1. The van der Waals surface area contributed by atoms with Crippen molar-refractivity contribution in [3.63, 3.8) is 0 Å². The maximum atomic E-state index is 5.88. The Morgan fingerprint density at radius 1 is 0.970 bits per heavy atom. The van der Waals surface area contributed by atoms with Gasteiger partial charge in [-0.05, 0) is 72.7 Å². The van der Waals surface area contributed by atoms with E-state index in [1.165, 1.54) is 35.6 Å². The summed E-state index contributed by atoms with van der Waals surface area (Å²) in [7, 11) is 0. The number of aromatic nitrogens is 1. The molecule has 3 aromatic rings. The van der Waals surface area contributed by atoms with Gasteiger partial charge in [0.25, 0.3) is 0 Å². The van der Waals surface area contributed by atoms with Crippen molar-refractivity contribution in [2.24, 2.45) is 0 Å². The largest absolute Gasteiger partial charge is 0.473 e. The van der Waals surface area contributed by atoms with Crippen molar-refractivity contribution in [3.05, 3.63) is 79.0 Å². The number of rotatable bonds is 14. The molecule has 3 heteroatoms. The quantitative estimate of drug-likeness (QED) is 0.186. The normalized spacial score (nSPS) is 12.3. The van der Waals surface area contributed by atoms with Crippen molar-refractivity contribution in [2.75, 3.05) is 13.2 Å². The van der Waals surface area contributed by atoms with Crippen LogP contribution >= 0.6 is 0 Å². The Balaban J connectivity index is 1.51. The molecule has 0 radical (unpaired) electrons. The third-order valence-electron chi connectivity index (χ3n) is 5.73. The molecule has 0 spiro atoms. The molecular weight excluding hydrogens is 406 g/mol. The van der Waals surface area contributed by atoms with Crippen LogP contribution < -0.4 is 4.74 Å². The van der Waals surface area contributed by atoms with Gasteiger partial charge in [-0.1, -0.05) is 68.8 Å². The summed E-state index contributed by atoms with van der Waals surface area (Å²) >= 11 is 0. The predicted molar refractivity (Wildman–Crippen MR) is 141 cm³/mol. The van der Waals surface area contributed by atoms with Gasteiger partial charge >= 0.3 is 0 Å². The lowest BCUT2D eigenvalue weighted by Gasteiger charge is -2.12. The van der Waals surface area contributed by atoms with Gasteiger partial charge in [-0.2, -0.15) is 0 Å². The number of allylic oxidation sites excluding steroid dienone is 1. The lowest BCUT2D eigenvalue weighted by Crippen LogP contribution is -2.08. The average Bonchev–Trinajstić information content (AvgIpc) is 2.85. The van der Waals surface area contributed by atoms with E-state index in [-0.39, 0.29) is 0 Å². The van der Waals surface area contributed by atoms with Gasteiger partial charge in [0, 0.05) is 24.4 Å². The van der Waals surface area contributed by atoms with Crippen LogP contribution in [-0.4, -0.2) is 24.3 Å². The smallest absolute Gasteiger partial charge is 0.213 e. The molecule has 0 saturated heterocycles. The molecule has 1 aromatic heterocycles. The molecule has 0 aliphatic carbocycles. The predicted octanol–water partition coefficient (Wildman–Crippen LogP) is 8.25. The van der Waals surface area contributed by atoms with E-state index in [2.05, 4.69) is 74.0 Å². The summed E-state index contributed by atoms with van der Waals surface area (Å²) in [6.45, 7) is 9.43. The number of pyridine rings is 1. The first-order chi connectivity index (χ1) is 16.2. The topological polar surface area (TPSA) is 31.4 Å². The van der Waals surface area contributed by atoms with Gasteiger partial charge in [-0.3, -0.25) is 0 Å². The van der Waals surface area contributed by atoms with Crippen molar-refractivity contribution in [1.82, 2.24) is 4.98 Å². The summed E-state index contributed by atoms with van der Waals surface area (Å²) < 4.78 is 11.4. The van der Waals surface area contributed by atoms with E-state index < -0.39 is 0 Å². The van der Waals surface area contributed by atoms with Crippen LogP contribution in [-0.2, 0) is 4.74 Å². The van der Waals surface area contributed by atoms with E-state index >= 15 is 0 Å². The first-order valence-electron chi connectivity index (χ1n) is 12.2. The van der Waals surface area contributed by atoms with Crippen molar-refractivity contribution < 1.29 is 9.47 Å². The van der Waals surface area contributed by atoms with E-state index in [4.69, 9.17) is 9.47 Å². The number of ether oxygens (including phenoxy) is 2. The SMILES string of the molecule is C=CCOc1ccc(-c2ccc3cc(/C=C/CCCC(C)OCCCCC)ccc3c2)cn1. The van der Waals surface area contributed by atoms with Crippen LogP contribution in [0.3, 0.4) is 0 Å². The minimum absolute atomic E-state index is 0.358. The fraction of sp³-hybridized carbons (Fsp3) is 0.367. The van der Waals surface area contributed by atoms with E-state index in [0.717, 1.165) is 37.0 Å². The number of hydrogen-bond donors (Lipinski definition) is 0. The Labute approximate surface area is 199 Å². The minimum atomic E-state index is 0.358. The Kier molecular flexibility index (Phi) is 10.2. The van der Waals surface area contributed by atoms with Crippen LogP contribution in [0.1, 0.15) is 57.9 Å². The highest BCUT2D eigenvalue weighted by molar-refractivity contribution is 5.88. The molecule has 174 valence electrons. The maximum absolute atomic E-state index is 5.88. The molecule has 2 aromatic carbocycles. The van der Waals surface area contributed by atoms with Gasteiger partial charge in [-0.15, -0.1) is 0 Å². The van der Waals surface area contributed by atoms with Gasteiger partial charge in [0.1, 0.15) is 6.61 Å². The molecular formula is C30H37NO2. The van der Waals surface area contributed by atoms with Gasteiger partial charge in [0.05, 0.1) is 6.10 Å². The van der Waals surface area contributed by atoms with E-state index in [1.807, 2.05) is 18.3 Å². The molecule has 33 heavy (non-hydrogen) atoms. The summed E-state index contributed by atoms with van der Waals surface area (Å²) in [4.78, 5) is 4.38. The van der Waals surface area contributed by atoms with E-state index in [9.17, 15) is 0 Å². The molecule has 0 fully saturated rings. The Morgan fingerprint density at radius 3 is 2.58 bits per heavy atom. The highest BCUT2D eigenvalue weighted by Crippen LogP contribution is 2.26. The summed E-state index contributed by atoms with van der Waals surface area (Å²) in [5.41, 5.74) is 3.47. The molecule has 0 bridgehead atoms. The average molecular weight is 444 g/mol. The van der Waals surface area contributed by atoms with Gasteiger partial charge in [0.15, 0.2) is 0 Å². The third-order valence-corrected chi connectivity index (χ3v) is 5.73. The zero-order chi connectivity index (χ0) is 23.3. The van der Waals surface area contributed by atoms with Crippen LogP contribution in [0, 0.1) is 0 Å². The molecule has 3 rings (SSSR count). The summed E-state index contributed by atoms with van der Waals surface area (Å²) in [6.07, 6.45) is 15.5. The monoisotopic (exact) mass is 443 g/mol. The Bertz CT molecular complexity index is 1020. The van der Waals surface area contributed by atoms with Crippen LogP contribution in [0.2, 0.25) is 0 Å². The second-order valence-corrected chi connectivity index (χ2v) is 8.53. The second-order valence-electron chi connectivity index (χ2n) is 8.53. The molecule has 0 aliphatic heterocycles. The van der Waals surface area contributed by atoms with Crippen molar-refractivity contribution in [2.45, 2.75) is 58.5 Å². The number of hydrogen-bond acceptors (Lipinski definition) is 3. The standard InChI is InChI=1S/C30H37NO2/c1-4-6-10-20-32-24(3)11-8-7-9-12-25-13-14-27-22-28(16-15-26(27)21-25)29-17-18-30(31-23-29)33-19-5-2/h5,9,12-18,21-24H,2,4,6-8,10-11,19-20H2,1,3H3/b12-9+. The molecule has 1 atom stereocenters. The zero-order valence-corrected chi connectivity index (χ0v) is 20.1. The van der Waals surface area contributed by atoms with Gasteiger partial charge in [0.2, 0.25) is 5.88 Å². The van der Waals surface area contributed by atoms with Crippen LogP contribution in [0.15, 0.2) is 73.5 Å². The van der Waals surface area contributed by atoms with Crippen molar-refractivity contribution in [3.8, 4) is 17.0 Å². The fourth-order valence-electron chi connectivity index (χ4n) is 3.79. The lowest BCUT2D eigenvalue weighted by atomic mass is 10.0. The maximum Gasteiger partial charge on any atom is 0.213 e. The second kappa shape index (κ2) is 13.6. The first kappa shape index (κ1) is 24.7. The van der Waals surface area contributed by atoms with Gasteiger partial charge < -0.3 is 9.47 Å². The summed E-state index contributed by atoms with van der Waals surface area (Å²) in [5.74, 6) is 0.616. The van der Waals surface area contributed by atoms with E-state index in [0.29, 0.717) is 18.6 Å². The van der Waals surface area contributed by atoms with Gasteiger partial charge in [-0.25, -0.2) is 4.98 Å². The van der Waals surface area contributed by atoms with Crippen molar-refractivity contribution in [1.29, 1.82) is 0 Å². The van der Waals surface area contributed by atoms with Crippen molar-refractivity contribution >= 4 is 16.8 Å². The first-order valence-corrected chi connectivity index (χ1v) is 12.2. The number of unbranched alkanes of at least 4 members (excludes halogenated alkanes) is 3. The van der Waals surface area contributed by atoms with Crippen LogP contribution in [0.5, 0.6) is 5.88 Å². The number of benzene rings is 2. The molecule has 0 saturated carbocycles. The Morgan fingerprint density at radius 2 is 1.79 bits per heavy atom. The molecule has 1 unspecified atom stereocenters. The van der Waals surface area contributed by atoms with Crippen LogP contribution in [0.25, 0.3) is 28.0 Å². The van der Waals surface area contributed by atoms with Crippen LogP contribution in [0.4, 0.5) is 0 Å². The molecule has 0 aliphatic rings. The lowest BCUT2D eigenvalue weighted by molar-refractivity contribution is 0.0566.